The predicted molar refractivity (Wildman–Crippen MR) is 361 cm³/mol. The topological polar surface area (TPSA) is 95.9 Å². The van der Waals surface area contributed by atoms with Gasteiger partial charge in [-0.3, -0.25) is 9.59 Å². The number of nitrogens with one attached hydrogen (secondary N) is 1. The number of esters is 1. The number of hydrogen-bond donors (Lipinski definition) is 3. The summed E-state index contributed by atoms with van der Waals surface area (Å²) in [5, 5.41) is 23.2. The molecule has 0 bridgehead atoms. The molecule has 0 aliphatic rings. The number of hydrogen-bond acceptors (Lipinski definition) is 5. The normalized spacial score (nSPS) is 12.7. The van der Waals surface area contributed by atoms with E-state index in [1.54, 1.807) is 6.08 Å². The Bertz CT molecular complexity index is 1330. The van der Waals surface area contributed by atoms with Crippen LogP contribution in [0.25, 0.3) is 0 Å². The van der Waals surface area contributed by atoms with Crippen molar-refractivity contribution < 1.29 is 24.5 Å². The molecule has 2 atom stereocenters. The van der Waals surface area contributed by atoms with E-state index in [2.05, 4.69) is 43.5 Å². The van der Waals surface area contributed by atoms with Gasteiger partial charge in [0, 0.05) is 12.8 Å². The Hall–Kier alpha value is -1.92. The first-order chi connectivity index (χ1) is 40.5. The van der Waals surface area contributed by atoms with E-state index < -0.39 is 12.1 Å². The third-order valence-electron chi connectivity index (χ3n) is 17.4. The average molecular weight is 1150 g/mol. The molecule has 0 saturated carbocycles. The van der Waals surface area contributed by atoms with Crippen LogP contribution in [-0.2, 0) is 14.3 Å². The molecule has 0 aromatic carbocycles. The summed E-state index contributed by atoms with van der Waals surface area (Å²) in [6, 6.07) is -0.626. The fourth-order valence-corrected chi connectivity index (χ4v) is 11.7. The molecule has 0 rings (SSSR count). The van der Waals surface area contributed by atoms with Gasteiger partial charge < -0.3 is 20.3 Å². The summed E-state index contributed by atoms with van der Waals surface area (Å²) in [6.07, 6.45) is 92.4. The monoisotopic (exact) mass is 1150 g/mol. The number of amides is 1. The van der Waals surface area contributed by atoms with Crippen molar-refractivity contribution >= 4 is 11.9 Å². The van der Waals surface area contributed by atoms with Gasteiger partial charge in [0.2, 0.25) is 5.91 Å². The lowest BCUT2D eigenvalue weighted by Gasteiger charge is -2.20. The van der Waals surface area contributed by atoms with Crippen LogP contribution < -0.4 is 5.32 Å². The lowest BCUT2D eigenvalue weighted by atomic mass is 10.0. The van der Waals surface area contributed by atoms with E-state index in [-0.39, 0.29) is 18.5 Å². The minimum Gasteiger partial charge on any atom is -0.466 e. The van der Waals surface area contributed by atoms with Gasteiger partial charge in [-0.1, -0.05) is 352 Å². The van der Waals surface area contributed by atoms with Crippen LogP contribution in [0.15, 0.2) is 36.5 Å². The SMILES string of the molecule is CCCCCCCCC/C=C\CCCCCCCCCC(=O)OCCCCCCCCCCCCCC/C=C\CCCCCCCCCCCCCCCCCC(=O)NC(CO)C(O)/C=C/CCCCCCCCCCCCCCCC. The number of allylic oxidation sites excluding steroid dienone is 5. The van der Waals surface area contributed by atoms with Crippen LogP contribution >= 0.6 is 0 Å². The van der Waals surface area contributed by atoms with Gasteiger partial charge in [0.1, 0.15) is 0 Å². The Labute approximate surface area is 513 Å². The van der Waals surface area contributed by atoms with Crippen LogP contribution in [0.2, 0.25) is 0 Å². The summed E-state index contributed by atoms with van der Waals surface area (Å²) in [5.74, 6) is -0.0481. The smallest absolute Gasteiger partial charge is 0.305 e. The summed E-state index contributed by atoms with van der Waals surface area (Å²) < 4.78 is 5.51. The van der Waals surface area contributed by atoms with Gasteiger partial charge in [0.15, 0.2) is 0 Å². The standard InChI is InChI=1S/C76H145NO5/c1-3-5-7-9-11-13-15-17-19-21-38-42-46-50-54-58-62-66-70-76(81)82-71-67-63-59-55-51-47-43-39-36-34-32-30-28-26-24-22-23-25-27-29-31-33-35-37-41-45-49-53-57-61-65-69-75(80)77-73(72-78)74(79)68-64-60-56-52-48-44-40-20-18-16-14-12-10-8-6-4-2/h19,21,24,26,64,68,73-74,78-79H,3-18,20,22-23,25,27-63,65-67,69-72H2,1-2H3,(H,77,80)/b21-19-,26-24-,68-64+. The maximum absolute atomic E-state index is 12.5. The molecule has 484 valence electrons. The van der Waals surface area contributed by atoms with Gasteiger partial charge in [-0.05, 0) is 83.5 Å². The number of unbranched alkanes of at least 4 members (excludes halogenated alkanes) is 55. The Morgan fingerprint density at radius 3 is 0.866 bits per heavy atom. The van der Waals surface area contributed by atoms with Gasteiger partial charge in [0.05, 0.1) is 25.4 Å². The molecule has 1 amide bonds. The first kappa shape index (κ1) is 80.1. The highest BCUT2D eigenvalue weighted by Gasteiger charge is 2.18. The number of rotatable bonds is 70. The molecule has 2 unspecified atom stereocenters. The second-order valence-corrected chi connectivity index (χ2v) is 25.6. The summed E-state index contributed by atoms with van der Waals surface area (Å²) in [6.45, 7) is 4.94. The van der Waals surface area contributed by atoms with E-state index in [0.29, 0.717) is 19.4 Å². The molecule has 0 saturated heterocycles. The van der Waals surface area contributed by atoms with Crippen molar-refractivity contribution in [1.82, 2.24) is 5.32 Å². The molecule has 0 aromatic heterocycles. The quantitative estimate of drug-likeness (QED) is 0.0320. The molecule has 0 heterocycles. The lowest BCUT2D eigenvalue weighted by molar-refractivity contribution is -0.143. The number of carbonyl (C=O) groups excluding carboxylic acids is 2. The van der Waals surface area contributed by atoms with Gasteiger partial charge in [-0.25, -0.2) is 0 Å². The second kappa shape index (κ2) is 71.6. The summed E-state index contributed by atoms with van der Waals surface area (Å²) >= 11 is 0. The Kier molecular flexibility index (Phi) is 69.9. The third kappa shape index (κ3) is 67.2. The highest BCUT2D eigenvalue weighted by atomic mass is 16.5. The minimum absolute atomic E-state index is 0.0151. The molecule has 0 spiro atoms. The zero-order chi connectivity index (χ0) is 59.2. The Morgan fingerprint density at radius 1 is 0.329 bits per heavy atom. The van der Waals surface area contributed by atoms with Crippen LogP contribution in [0.4, 0.5) is 0 Å². The summed E-state index contributed by atoms with van der Waals surface area (Å²) in [4.78, 5) is 24.6. The third-order valence-corrected chi connectivity index (χ3v) is 17.4. The number of aliphatic hydroxyl groups excluding tert-OH is 2. The Balaban J connectivity index is 3.36. The van der Waals surface area contributed by atoms with Crippen molar-refractivity contribution in [2.75, 3.05) is 13.2 Å². The van der Waals surface area contributed by atoms with Crippen molar-refractivity contribution in [1.29, 1.82) is 0 Å². The maximum atomic E-state index is 12.5. The first-order valence-electron chi connectivity index (χ1n) is 37.3. The highest BCUT2D eigenvalue weighted by Crippen LogP contribution is 2.19. The van der Waals surface area contributed by atoms with Crippen molar-refractivity contribution in [3.63, 3.8) is 0 Å². The largest absolute Gasteiger partial charge is 0.466 e. The lowest BCUT2D eigenvalue weighted by Crippen LogP contribution is -2.45. The van der Waals surface area contributed by atoms with Crippen molar-refractivity contribution in [3.8, 4) is 0 Å². The average Bonchev–Trinajstić information content (AvgIpc) is 3.48. The second-order valence-electron chi connectivity index (χ2n) is 25.6. The molecule has 0 fully saturated rings. The van der Waals surface area contributed by atoms with Crippen LogP contribution in [0, 0.1) is 0 Å². The summed E-state index contributed by atoms with van der Waals surface area (Å²) in [7, 11) is 0. The zero-order valence-electron chi connectivity index (χ0n) is 55.5. The van der Waals surface area contributed by atoms with Gasteiger partial charge in [-0.15, -0.1) is 0 Å². The summed E-state index contributed by atoms with van der Waals surface area (Å²) in [5.41, 5.74) is 0. The molecular weight excluding hydrogens is 1010 g/mol. The van der Waals surface area contributed by atoms with E-state index >= 15 is 0 Å². The van der Waals surface area contributed by atoms with E-state index in [4.69, 9.17) is 4.74 Å². The Morgan fingerprint density at radius 2 is 0.573 bits per heavy atom. The molecule has 0 aliphatic heterocycles. The van der Waals surface area contributed by atoms with Crippen LogP contribution in [0.3, 0.4) is 0 Å². The van der Waals surface area contributed by atoms with Crippen LogP contribution in [0.1, 0.15) is 412 Å². The predicted octanol–water partition coefficient (Wildman–Crippen LogP) is 24.3. The highest BCUT2D eigenvalue weighted by molar-refractivity contribution is 5.76. The van der Waals surface area contributed by atoms with E-state index in [9.17, 15) is 19.8 Å². The zero-order valence-corrected chi connectivity index (χ0v) is 55.5. The van der Waals surface area contributed by atoms with Gasteiger partial charge in [0.25, 0.3) is 0 Å². The fourth-order valence-electron chi connectivity index (χ4n) is 11.7. The van der Waals surface area contributed by atoms with Crippen molar-refractivity contribution in [3.05, 3.63) is 36.5 Å². The molecule has 6 nitrogen and oxygen atoms in total. The van der Waals surface area contributed by atoms with Crippen LogP contribution in [0.5, 0.6) is 0 Å². The molecule has 6 heteroatoms. The van der Waals surface area contributed by atoms with Crippen molar-refractivity contribution in [2.45, 2.75) is 424 Å². The molecule has 0 aromatic rings. The number of aliphatic hydroxyl groups is 2. The molecule has 0 radical (unpaired) electrons. The van der Waals surface area contributed by atoms with Crippen molar-refractivity contribution in [2.24, 2.45) is 0 Å². The van der Waals surface area contributed by atoms with Crippen LogP contribution in [-0.4, -0.2) is 47.4 Å². The van der Waals surface area contributed by atoms with Gasteiger partial charge in [-0.2, -0.15) is 0 Å². The fraction of sp³-hybridized carbons (Fsp3) is 0.895. The van der Waals surface area contributed by atoms with E-state index in [0.717, 1.165) is 44.9 Å². The minimum atomic E-state index is -0.843. The molecule has 82 heavy (non-hydrogen) atoms. The number of carbonyl (C=O) groups is 2. The molecule has 0 aliphatic carbocycles. The van der Waals surface area contributed by atoms with Gasteiger partial charge >= 0.3 is 5.97 Å². The van der Waals surface area contributed by atoms with E-state index in [1.807, 2.05) is 6.08 Å². The maximum Gasteiger partial charge on any atom is 0.305 e. The first-order valence-corrected chi connectivity index (χ1v) is 37.3. The molecular formula is C76H145NO5. The van der Waals surface area contributed by atoms with E-state index in [1.165, 1.54) is 340 Å². The number of ether oxygens (including phenoxy) is 1. The molecule has 3 N–H and O–H groups in total.